The summed E-state index contributed by atoms with van der Waals surface area (Å²) in [6, 6.07) is 5.79. The Morgan fingerprint density at radius 3 is 2.53 bits per heavy atom. The molecule has 0 atom stereocenters. The van der Waals surface area contributed by atoms with Crippen LogP contribution >= 0.6 is 0 Å². The SMILES string of the molecule is CCc1nc2ccc(C)cc2c2c1C(=O)N(C)C2=O. The first-order valence-corrected chi connectivity index (χ1v) is 6.30. The zero-order chi connectivity index (χ0) is 13.7. The normalized spacial score (nSPS) is 14.4. The van der Waals surface area contributed by atoms with Crippen LogP contribution in [0.25, 0.3) is 10.9 Å². The molecule has 2 heterocycles. The van der Waals surface area contributed by atoms with E-state index in [0.29, 0.717) is 23.2 Å². The number of nitrogens with zero attached hydrogens (tertiary/aromatic N) is 2. The van der Waals surface area contributed by atoms with E-state index < -0.39 is 0 Å². The van der Waals surface area contributed by atoms with E-state index in [0.717, 1.165) is 16.5 Å². The molecule has 0 saturated heterocycles. The Labute approximate surface area is 111 Å². The lowest BCUT2D eigenvalue weighted by molar-refractivity contribution is 0.0693. The third-order valence-electron chi connectivity index (χ3n) is 3.59. The number of pyridine rings is 1. The Morgan fingerprint density at radius 1 is 1.16 bits per heavy atom. The van der Waals surface area contributed by atoms with E-state index in [1.54, 1.807) is 0 Å². The van der Waals surface area contributed by atoms with E-state index in [-0.39, 0.29) is 11.8 Å². The minimum absolute atomic E-state index is 0.229. The summed E-state index contributed by atoms with van der Waals surface area (Å²) in [6.07, 6.45) is 0.638. The summed E-state index contributed by atoms with van der Waals surface area (Å²) in [5.41, 5.74) is 3.52. The van der Waals surface area contributed by atoms with Crippen LogP contribution < -0.4 is 0 Å². The highest BCUT2D eigenvalue weighted by atomic mass is 16.2. The van der Waals surface area contributed by atoms with Crippen molar-refractivity contribution in [3.63, 3.8) is 0 Å². The summed E-state index contributed by atoms with van der Waals surface area (Å²) in [5, 5.41) is 0.773. The van der Waals surface area contributed by atoms with Gasteiger partial charge in [0.05, 0.1) is 22.3 Å². The number of hydrogen-bond donors (Lipinski definition) is 0. The summed E-state index contributed by atoms with van der Waals surface area (Å²) in [6.45, 7) is 3.91. The zero-order valence-electron chi connectivity index (χ0n) is 11.2. The molecule has 0 N–H and O–H groups in total. The number of hydrogen-bond acceptors (Lipinski definition) is 3. The maximum absolute atomic E-state index is 12.3. The van der Waals surface area contributed by atoms with Crippen LogP contribution in [0.4, 0.5) is 0 Å². The van der Waals surface area contributed by atoms with Gasteiger partial charge in [-0.2, -0.15) is 0 Å². The van der Waals surface area contributed by atoms with Crippen LogP contribution in [0.5, 0.6) is 0 Å². The zero-order valence-corrected chi connectivity index (χ0v) is 11.2. The van der Waals surface area contributed by atoms with E-state index in [1.807, 2.05) is 32.0 Å². The predicted molar refractivity (Wildman–Crippen MR) is 72.3 cm³/mol. The van der Waals surface area contributed by atoms with Crippen molar-refractivity contribution < 1.29 is 9.59 Å². The number of aromatic nitrogens is 1. The van der Waals surface area contributed by atoms with E-state index in [4.69, 9.17) is 0 Å². The van der Waals surface area contributed by atoms with Crippen molar-refractivity contribution in [3.8, 4) is 0 Å². The lowest BCUT2D eigenvalue weighted by atomic mass is 10.00. The number of benzene rings is 1. The van der Waals surface area contributed by atoms with Crippen molar-refractivity contribution in [3.05, 3.63) is 40.6 Å². The lowest BCUT2D eigenvalue weighted by Crippen LogP contribution is -2.24. The van der Waals surface area contributed by atoms with E-state index >= 15 is 0 Å². The van der Waals surface area contributed by atoms with Crippen molar-refractivity contribution >= 4 is 22.7 Å². The van der Waals surface area contributed by atoms with Crippen LogP contribution in [-0.4, -0.2) is 28.7 Å². The summed E-state index contributed by atoms with van der Waals surface area (Å²) in [4.78, 5) is 30.2. The molecule has 96 valence electrons. The highest BCUT2D eigenvalue weighted by Crippen LogP contribution is 2.31. The second-order valence-corrected chi connectivity index (χ2v) is 4.85. The maximum Gasteiger partial charge on any atom is 0.263 e. The molecule has 3 rings (SSSR count). The van der Waals surface area contributed by atoms with E-state index in [1.165, 1.54) is 11.9 Å². The standard InChI is InChI=1S/C15H14N2O2/c1-4-10-13-12(14(18)17(3)15(13)19)9-7-8(2)5-6-11(9)16-10/h5-7H,4H2,1-3H3. The molecule has 0 unspecified atom stereocenters. The van der Waals surface area contributed by atoms with Crippen molar-refractivity contribution in [2.45, 2.75) is 20.3 Å². The molecule has 0 spiro atoms. The molecule has 1 aliphatic heterocycles. The second-order valence-electron chi connectivity index (χ2n) is 4.85. The highest BCUT2D eigenvalue weighted by molar-refractivity contribution is 6.26. The number of aryl methyl sites for hydroxylation is 2. The van der Waals surface area contributed by atoms with Gasteiger partial charge in [0.2, 0.25) is 0 Å². The Bertz CT molecular complexity index is 734. The molecule has 1 aromatic carbocycles. The van der Waals surface area contributed by atoms with Crippen LogP contribution in [-0.2, 0) is 6.42 Å². The molecule has 2 amide bonds. The van der Waals surface area contributed by atoms with Crippen molar-refractivity contribution in [1.82, 2.24) is 9.88 Å². The van der Waals surface area contributed by atoms with Crippen LogP contribution in [0.2, 0.25) is 0 Å². The summed E-state index contributed by atoms with van der Waals surface area (Å²) in [7, 11) is 1.52. The van der Waals surface area contributed by atoms with Gasteiger partial charge >= 0.3 is 0 Å². The first kappa shape index (κ1) is 11.8. The van der Waals surface area contributed by atoms with Gasteiger partial charge in [0, 0.05) is 12.4 Å². The first-order chi connectivity index (χ1) is 9.04. The topological polar surface area (TPSA) is 50.3 Å². The molecule has 4 nitrogen and oxygen atoms in total. The number of carbonyl (C=O) groups is 2. The van der Waals surface area contributed by atoms with Gasteiger partial charge in [-0.15, -0.1) is 0 Å². The van der Waals surface area contributed by atoms with Crippen LogP contribution in [0.1, 0.15) is 38.9 Å². The Morgan fingerprint density at radius 2 is 1.84 bits per heavy atom. The monoisotopic (exact) mass is 254 g/mol. The molecule has 0 bridgehead atoms. The second kappa shape index (κ2) is 3.88. The van der Waals surface area contributed by atoms with Crippen LogP contribution in [0.15, 0.2) is 18.2 Å². The van der Waals surface area contributed by atoms with Crippen LogP contribution in [0.3, 0.4) is 0 Å². The molecule has 0 fully saturated rings. The predicted octanol–water partition coefficient (Wildman–Crippen LogP) is 2.33. The molecular formula is C15H14N2O2. The fraction of sp³-hybridized carbons (Fsp3) is 0.267. The van der Waals surface area contributed by atoms with Gasteiger partial charge in [-0.05, 0) is 25.5 Å². The van der Waals surface area contributed by atoms with Gasteiger partial charge in [0.25, 0.3) is 11.8 Å². The van der Waals surface area contributed by atoms with Gasteiger partial charge < -0.3 is 0 Å². The minimum atomic E-state index is -0.243. The van der Waals surface area contributed by atoms with Gasteiger partial charge in [-0.3, -0.25) is 19.5 Å². The Kier molecular flexibility index (Phi) is 2.42. The van der Waals surface area contributed by atoms with Gasteiger partial charge in [-0.1, -0.05) is 18.6 Å². The molecule has 0 saturated carbocycles. The van der Waals surface area contributed by atoms with E-state index in [9.17, 15) is 9.59 Å². The summed E-state index contributed by atoms with van der Waals surface area (Å²) >= 11 is 0. The number of imide groups is 1. The van der Waals surface area contributed by atoms with Crippen molar-refractivity contribution in [2.24, 2.45) is 0 Å². The fourth-order valence-electron chi connectivity index (χ4n) is 2.56. The number of rotatable bonds is 1. The van der Waals surface area contributed by atoms with Gasteiger partial charge in [0.15, 0.2) is 0 Å². The third-order valence-corrected chi connectivity index (χ3v) is 3.59. The fourth-order valence-corrected chi connectivity index (χ4v) is 2.56. The largest absolute Gasteiger partial charge is 0.277 e. The van der Waals surface area contributed by atoms with Gasteiger partial charge in [-0.25, -0.2) is 0 Å². The lowest BCUT2D eigenvalue weighted by Gasteiger charge is -2.07. The Hall–Kier alpha value is -2.23. The third kappa shape index (κ3) is 1.49. The average Bonchev–Trinajstić information content (AvgIpc) is 2.63. The van der Waals surface area contributed by atoms with E-state index in [2.05, 4.69) is 4.98 Å². The molecule has 19 heavy (non-hydrogen) atoms. The molecule has 0 radical (unpaired) electrons. The molecule has 2 aromatic rings. The number of amides is 2. The maximum atomic E-state index is 12.3. The molecule has 4 heteroatoms. The summed E-state index contributed by atoms with van der Waals surface area (Å²) < 4.78 is 0. The molecule has 1 aliphatic rings. The van der Waals surface area contributed by atoms with Crippen LogP contribution in [0, 0.1) is 6.92 Å². The highest BCUT2D eigenvalue weighted by Gasteiger charge is 2.37. The molecule has 1 aromatic heterocycles. The quantitative estimate of drug-likeness (QED) is 0.734. The van der Waals surface area contributed by atoms with Crippen molar-refractivity contribution in [2.75, 3.05) is 7.05 Å². The first-order valence-electron chi connectivity index (χ1n) is 6.30. The average molecular weight is 254 g/mol. The molecular weight excluding hydrogens is 240 g/mol. The number of fused-ring (bicyclic) bond motifs is 3. The van der Waals surface area contributed by atoms with Gasteiger partial charge in [0.1, 0.15) is 0 Å². The molecule has 0 aliphatic carbocycles. The number of carbonyl (C=O) groups excluding carboxylic acids is 2. The minimum Gasteiger partial charge on any atom is -0.277 e. The van der Waals surface area contributed by atoms with Crippen molar-refractivity contribution in [1.29, 1.82) is 0 Å². The smallest absolute Gasteiger partial charge is 0.263 e. The Balaban J connectivity index is 2.49. The summed E-state index contributed by atoms with van der Waals surface area (Å²) in [5.74, 6) is -0.472.